The molecule has 0 aliphatic carbocycles. The average Bonchev–Trinajstić information content (AvgIpc) is 3.02. The second-order valence-corrected chi connectivity index (χ2v) is 9.41. The average molecular weight is 613 g/mol. The van der Waals surface area contributed by atoms with E-state index >= 15 is 0 Å². The van der Waals surface area contributed by atoms with Crippen molar-refractivity contribution in [3.05, 3.63) is 48.6 Å². The van der Waals surface area contributed by atoms with Crippen LogP contribution in [0.5, 0.6) is 36.1 Å². The fourth-order valence-electron chi connectivity index (χ4n) is 3.50. The smallest absolute Gasteiger partial charge is 0.326 e. The van der Waals surface area contributed by atoms with E-state index in [1.165, 1.54) is 12.8 Å². The Balaban J connectivity index is 1.61. The fraction of sp³-hybridized carbons (Fsp3) is 0.562. The summed E-state index contributed by atoms with van der Waals surface area (Å²) in [5.74, 6) is 0. The summed E-state index contributed by atoms with van der Waals surface area (Å²) in [5, 5.41) is 0. The van der Waals surface area contributed by atoms with Crippen LogP contribution >= 0.6 is 0 Å². The Morgan fingerprint density at radius 3 is 0.818 bits per heavy atom. The summed E-state index contributed by atoms with van der Waals surface area (Å²) in [6.45, 7) is 10.2. The van der Waals surface area contributed by atoms with E-state index in [4.69, 9.17) is 28.4 Å². The molecule has 0 saturated carbocycles. The number of aromatic nitrogens is 6. The zero-order valence-corrected chi connectivity index (χ0v) is 26.7. The molecule has 0 spiro atoms. The molecule has 0 aliphatic heterocycles. The van der Waals surface area contributed by atoms with Gasteiger partial charge in [-0.3, -0.25) is 0 Å². The van der Waals surface area contributed by atoms with Gasteiger partial charge in [0, 0.05) is 0 Å². The normalized spacial score (nSPS) is 11.6. The highest BCUT2D eigenvalue weighted by atomic mass is 16.5. The van der Waals surface area contributed by atoms with Gasteiger partial charge in [-0.05, 0) is 40.5 Å². The van der Waals surface area contributed by atoms with Gasteiger partial charge in [-0.25, -0.2) is 0 Å². The summed E-state index contributed by atoms with van der Waals surface area (Å²) in [5.41, 5.74) is 0. The van der Waals surface area contributed by atoms with Crippen LogP contribution in [-0.2, 0) is 0 Å². The van der Waals surface area contributed by atoms with E-state index in [9.17, 15) is 0 Å². The Labute approximate surface area is 261 Å². The summed E-state index contributed by atoms with van der Waals surface area (Å²) in [7, 11) is 0. The van der Waals surface area contributed by atoms with Gasteiger partial charge >= 0.3 is 36.1 Å². The second kappa shape index (κ2) is 24.2. The lowest BCUT2D eigenvalue weighted by Crippen LogP contribution is -2.08. The second-order valence-electron chi connectivity index (χ2n) is 9.41. The van der Waals surface area contributed by atoms with Crippen LogP contribution in [0.3, 0.4) is 0 Å². The monoisotopic (exact) mass is 612 g/mol. The van der Waals surface area contributed by atoms with Gasteiger partial charge in [0.05, 0.1) is 13.2 Å². The summed E-state index contributed by atoms with van der Waals surface area (Å²) in [6.07, 6.45) is 23.7. The van der Waals surface area contributed by atoms with Crippen molar-refractivity contribution >= 4 is 0 Å². The van der Waals surface area contributed by atoms with Gasteiger partial charge in [0.1, 0.15) is 26.4 Å². The highest BCUT2D eigenvalue weighted by Crippen LogP contribution is 2.17. The minimum absolute atomic E-state index is 0.181. The molecule has 0 N–H and O–H groups in total. The van der Waals surface area contributed by atoms with E-state index in [0.29, 0.717) is 39.6 Å². The Morgan fingerprint density at radius 2 is 0.568 bits per heavy atom. The molecule has 2 heterocycles. The molecular weight excluding hydrogens is 564 g/mol. The van der Waals surface area contributed by atoms with Crippen molar-refractivity contribution in [3.8, 4) is 36.1 Å². The Bertz CT molecular complexity index is 1000. The molecule has 2 rings (SSSR count). The van der Waals surface area contributed by atoms with Crippen LogP contribution < -0.4 is 28.4 Å². The predicted octanol–water partition coefficient (Wildman–Crippen LogP) is 6.45. The minimum atomic E-state index is 0.181. The first-order valence-corrected chi connectivity index (χ1v) is 15.4. The summed E-state index contributed by atoms with van der Waals surface area (Å²) >= 11 is 0. The largest absolute Gasteiger partial charge is 0.463 e. The molecule has 0 unspecified atom stereocenters. The highest BCUT2D eigenvalue weighted by Gasteiger charge is 2.11. The van der Waals surface area contributed by atoms with Crippen molar-refractivity contribution in [3.63, 3.8) is 0 Å². The zero-order valence-electron chi connectivity index (χ0n) is 26.7. The van der Waals surface area contributed by atoms with Crippen LogP contribution in [0.1, 0.15) is 79.1 Å². The van der Waals surface area contributed by atoms with E-state index in [1.807, 2.05) is 76.3 Å². The van der Waals surface area contributed by atoms with Crippen LogP contribution in [0.2, 0.25) is 0 Å². The Hall–Kier alpha value is -4.22. The molecule has 242 valence electrons. The van der Waals surface area contributed by atoms with Gasteiger partial charge in [-0.2, -0.15) is 0 Å². The topological polar surface area (TPSA) is 133 Å². The third-order valence-electron chi connectivity index (χ3n) is 5.83. The van der Waals surface area contributed by atoms with Crippen LogP contribution in [0, 0.1) is 0 Å². The van der Waals surface area contributed by atoms with Crippen molar-refractivity contribution in [1.29, 1.82) is 0 Å². The van der Waals surface area contributed by atoms with E-state index in [2.05, 4.69) is 29.9 Å². The van der Waals surface area contributed by atoms with Gasteiger partial charge in [0.25, 0.3) is 0 Å². The number of nitrogens with zero attached hydrogens (tertiary/aromatic N) is 6. The predicted molar refractivity (Wildman–Crippen MR) is 169 cm³/mol. The SMILES string of the molecule is CC=CCOc1nc(OCC=CC)nc(OCCCCCCCCCCOc2nc(OCC=CC)nc(OCC=CC)n2)n1. The van der Waals surface area contributed by atoms with Crippen molar-refractivity contribution < 1.29 is 28.4 Å². The third kappa shape index (κ3) is 17.0. The number of rotatable bonds is 25. The van der Waals surface area contributed by atoms with E-state index in [1.54, 1.807) is 0 Å². The molecule has 0 amide bonds. The lowest BCUT2D eigenvalue weighted by molar-refractivity contribution is 0.246. The van der Waals surface area contributed by atoms with Crippen LogP contribution in [0.25, 0.3) is 0 Å². The van der Waals surface area contributed by atoms with Crippen molar-refractivity contribution in [2.75, 3.05) is 39.6 Å². The molecule has 0 fully saturated rings. The number of hydrogen-bond donors (Lipinski definition) is 0. The van der Waals surface area contributed by atoms with E-state index < -0.39 is 0 Å². The summed E-state index contributed by atoms with van der Waals surface area (Å²) in [6, 6.07) is 1.14. The molecule has 2 aromatic rings. The molecule has 0 aliphatic rings. The quantitative estimate of drug-likeness (QED) is 0.0900. The third-order valence-corrected chi connectivity index (χ3v) is 5.83. The molecule has 0 saturated heterocycles. The van der Waals surface area contributed by atoms with Crippen molar-refractivity contribution in [1.82, 2.24) is 29.9 Å². The first-order chi connectivity index (χ1) is 21.7. The molecule has 2 aromatic heterocycles. The van der Waals surface area contributed by atoms with E-state index in [0.717, 1.165) is 38.5 Å². The lowest BCUT2D eigenvalue weighted by Gasteiger charge is -2.09. The van der Waals surface area contributed by atoms with E-state index in [-0.39, 0.29) is 36.1 Å². The molecule has 12 nitrogen and oxygen atoms in total. The van der Waals surface area contributed by atoms with Gasteiger partial charge < -0.3 is 28.4 Å². The first-order valence-electron chi connectivity index (χ1n) is 15.4. The minimum Gasteiger partial charge on any atom is -0.463 e. The lowest BCUT2D eigenvalue weighted by atomic mass is 10.1. The van der Waals surface area contributed by atoms with Gasteiger partial charge in [-0.15, -0.1) is 29.9 Å². The highest BCUT2D eigenvalue weighted by molar-refractivity contribution is 5.10. The first kappa shape index (κ1) is 36.0. The maximum Gasteiger partial charge on any atom is 0.326 e. The molecule has 0 bridgehead atoms. The van der Waals surface area contributed by atoms with Gasteiger partial charge in [-0.1, -0.05) is 87.1 Å². The number of ether oxygens (including phenoxy) is 6. The Kier molecular flexibility index (Phi) is 19.8. The molecular formula is C32H48N6O6. The van der Waals surface area contributed by atoms with Gasteiger partial charge in [0.15, 0.2) is 0 Å². The van der Waals surface area contributed by atoms with Crippen LogP contribution in [-0.4, -0.2) is 69.5 Å². The maximum absolute atomic E-state index is 5.76. The fourth-order valence-corrected chi connectivity index (χ4v) is 3.50. The Morgan fingerprint density at radius 1 is 0.341 bits per heavy atom. The van der Waals surface area contributed by atoms with Crippen molar-refractivity contribution in [2.24, 2.45) is 0 Å². The number of hydrogen-bond acceptors (Lipinski definition) is 12. The molecule has 0 radical (unpaired) electrons. The van der Waals surface area contributed by atoms with Crippen LogP contribution in [0.4, 0.5) is 0 Å². The van der Waals surface area contributed by atoms with Crippen LogP contribution in [0.15, 0.2) is 48.6 Å². The molecule has 12 heteroatoms. The standard InChI is InChI=1S/C32H48N6O6/c1-5-9-21-39-27-33-28(40-22-10-6-2)36-31(35-27)43-25-19-17-15-13-14-16-18-20-26-44-32-37-29(41-23-11-7-3)34-30(38-32)42-24-12-8-4/h5-12H,13-26H2,1-4H3. The summed E-state index contributed by atoms with van der Waals surface area (Å²) < 4.78 is 33.7. The maximum atomic E-state index is 5.76. The van der Waals surface area contributed by atoms with Crippen molar-refractivity contribution in [2.45, 2.75) is 79.1 Å². The van der Waals surface area contributed by atoms with Gasteiger partial charge in [0.2, 0.25) is 0 Å². The number of allylic oxidation sites excluding steroid dienone is 4. The number of unbranched alkanes of at least 4 members (excludes halogenated alkanes) is 7. The molecule has 0 atom stereocenters. The molecule has 44 heavy (non-hydrogen) atoms. The molecule has 0 aromatic carbocycles. The zero-order chi connectivity index (χ0) is 31.5. The summed E-state index contributed by atoms with van der Waals surface area (Å²) in [4.78, 5) is 25.3.